The lowest BCUT2D eigenvalue weighted by Gasteiger charge is -2.46. The van der Waals surface area contributed by atoms with Crippen LogP contribution >= 0.6 is 11.6 Å². The Morgan fingerprint density at radius 3 is 2.70 bits per heavy atom. The summed E-state index contributed by atoms with van der Waals surface area (Å²) in [6.07, 6.45) is 10.4. The van der Waals surface area contributed by atoms with E-state index >= 15 is 0 Å². The van der Waals surface area contributed by atoms with Crippen molar-refractivity contribution in [1.29, 1.82) is 0 Å². The van der Waals surface area contributed by atoms with Gasteiger partial charge in [0.05, 0.1) is 29.2 Å². The SMILES string of the molecule is CO[C@H]1/C=C/CC[C@@H](CC(C)(C)OC)S(=O)(=O)NC(=O)c2ccc3c(c2)N(C[C@@H]2CC[C@H]21)C[C@@]1(CCCc2cc(Cl)ccc21)CO3. The largest absolute Gasteiger partial charge is 0.490 e. The van der Waals surface area contributed by atoms with E-state index in [-0.39, 0.29) is 17.9 Å². The van der Waals surface area contributed by atoms with E-state index in [2.05, 4.69) is 27.8 Å². The first kappa shape index (κ1) is 33.3. The highest BCUT2D eigenvalue weighted by molar-refractivity contribution is 7.90. The number of carbonyl (C=O) groups excluding carboxylic acids is 1. The Morgan fingerprint density at radius 2 is 1.96 bits per heavy atom. The Kier molecular flexibility index (Phi) is 9.51. The molecular weight excluding hydrogens is 624 g/mol. The molecule has 0 saturated heterocycles. The molecule has 1 saturated carbocycles. The summed E-state index contributed by atoms with van der Waals surface area (Å²) in [5.74, 6) is 0.806. The molecule has 1 spiro atoms. The van der Waals surface area contributed by atoms with E-state index in [0.29, 0.717) is 42.6 Å². The number of methoxy groups -OCH3 is 2. The van der Waals surface area contributed by atoms with E-state index in [9.17, 15) is 13.2 Å². The number of amides is 1. The van der Waals surface area contributed by atoms with Gasteiger partial charge in [-0.3, -0.25) is 4.79 Å². The quantitative estimate of drug-likeness (QED) is 0.374. The third-order valence-corrected chi connectivity index (χ3v) is 12.8. The van der Waals surface area contributed by atoms with Gasteiger partial charge in [0.15, 0.2) is 0 Å². The highest BCUT2D eigenvalue weighted by Crippen LogP contribution is 2.47. The Labute approximate surface area is 278 Å². The van der Waals surface area contributed by atoms with Gasteiger partial charge in [-0.25, -0.2) is 13.1 Å². The molecule has 8 nitrogen and oxygen atoms in total. The monoisotopic (exact) mass is 670 g/mol. The number of allylic oxidation sites excluding steroid dienone is 1. The fourth-order valence-electron chi connectivity index (χ4n) is 7.97. The van der Waals surface area contributed by atoms with E-state index in [1.165, 1.54) is 11.1 Å². The number of carbonyl (C=O) groups is 1. The highest BCUT2D eigenvalue weighted by atomic mass is 35.5. The number of benzene rings is 2. The van der Waals surface area contributed by atoms with Crippen LogP contribution in [0.5, 0.6) is 5.75 Å². The predicted molar refractivity (Wildman–Crippen MR) is 181 cm³/mol. The van der Waals surface area contributed by atoms with Crippen molar-refractivity contribution in [3.63, 3.8) is 0 Å². The first-order chi connectivity index (χ1) is 21.9. The summed E-state index contributed by atoms with van der Waals surface area (Å²) >= 11 is 6.43. The minimum Gasteiger partial charge on any atom is -0.490 e. The van der Waals surface area contributed by atoms with Gasteiger partial charge in [0.25, 0.3) is 5.91 Å². The average Bonchev–Trinajstić information content (AvgIpc) is 3.16. The van der Waals surface area contributed by atoms with Gasteiger partial charge in [-0.05, 0) is 119 Å². The molecule has 10 heteroatoms. The molecule has 2 heterocycles. The van der Waals surface area contributed by atoms with Gasteiger partial charge in [-0.1, -0.05) is 29.8 Å². The van der Waals surface area contributed by atoms with E-state index in [0.717, 1.165) is 55.9 Å². The number of aryl methyl sites for hydroxylation is 1. The topological polar surface area (TPSA) is 94.2 Å². The van der Waals surface area contributed by atoms with Crippen LogP contribution < -0.4 is 14.4 Å². The van der Waals surface area contributed by atoms with Crippen LogP contribution in [0.1, 0.15) is 80.3 Å². The summed E-state index contributed by atoms with van der Waals surface area (Å²) in [5.41, 5.74) is 2.74. The number of anilines is 1. The van der Waals surface area contributed by atoms with Crippen LogP contribution in [0, 0.1) is 11.8 Å². The number of ether oxygens (including phenoxy) is 3. The molecule has 6 rings (SSSR count). The van der Waals surface area contributed by atoms with Crippen molar-refractivity contribution in [1.82, 2.24) is 4.72 Å². The van der Waals surface area contributed by atoms with Crippen LogP contribution in [0.2, 0.25) is 5.02 Å². The summed E-state index contributed by atoms with van der Waals surface area (Å²) < 4.78 is 48.1. The number of fused-ring (bicyclic) bond motifs is 4. The first-order valence-corrected chi connectivity index (χ1v) is 18.5. The second-order valence-corrected chi connectivity index (χ2v) is 16.7. The molecule has 0 aromatic heterocycles. The molecule has 2 aliphatic heterocycles. The zero-order chi connectivity index (χ0) is 32.7. The fraction of sp³-hybridized carbons (Fsp3) is 0.583. The molecule has 0 radical (unpaired) electrons. The van der Waals surface area contributed by atoms with E-state index in [1.54, 1.807) is 20.3 Å². The van der Waals surface area contributed by atoms with E-state index in [1.807, 2.05) is 38.1 Å². The average molecular weight is 671 g/mol. The molecule has 1 amide bonds. The smallest absolute Gasteiger partial charge is 0.264 e. The van der Waals surface area contributed by atoms with Crippen LogP contribution in [-0.2, 0) is 31.3 Å². The van der Waals surface area contributed by atoms with E-state index in [4.69, 9.17) is 25.8 Å². The van der Waals surface area contributed by atoms with Crippen LogP contribution in [0.4, 0.5) is 5.69 Å². The maximum absolute atomic E-state index is 13.7. The van der Waals surface area contributed by atoms with Gasteiger partial charge < -0.3 is 19.1 Å². The van der Waals surface area contributed by atoms with Crippen LogP contribution in [0.25, 0.3) is 0 Å². The molecule has 2 bridgehead atoms. The molecule has 250 valence electrons. The molecular formula is C36H47ClN2O6S. The van der Waals surface area contributed by atoms with Crippen LogP contribution in [0.15, 0.2) is 48.6 Å². The van der Waals surface area contributed by atoms with Gasteiger partial charge in [-0.2, -0.15) is 0 Å². The van der Waals surface area contributed by atoms with Gasteiger partial charge in [0.1, 0.15) is 5.75 Å². The minimum absolute atomic E-state index is 0.0580. The molecule has 2 aromatic rings. The normalized spacial score (nSPS) is 30.2. The van der Waals surface area contributed by atoms with Crippen molar-refractivity contribution >= 4 is 33.2 Å². The number of sulfonamides is 1. The molecule has 2 aliphatic carbocycles. The highest BCUT2D eigenvalue weighted by Gasteiger charge is 2.44. The van der Waals surface area contributed by atoms with Crippen molar-refractivity contribution < 1.29 is 27.4 Å². The lowest BCUT2D eigenvalue weighted by molar-refractivity contribution is 0.0127. The second-order valence-electron chi connectivity index (χ2n) is 14.3. The predicted octanol–water partition coefficient (Wildman–Crippen LogP) is 6.45. The number of hydrogen-bond acceptors (Lipinski definition) is 7. The molecule has 46 heavy (non-hydrogen) atoms. The maximum atomic E-state index is 13.7. The zero-order valence-corrected chi connectivity index (χ0v) is 29.0. The van der Waals surface area contributed by atoms with Crippen molar-refractivity contribution in [2.45, 2.75) is 87.6 Å². The van der Waals surface area contributed by atoms with Crippen LogP contribution in [-0.4, -0.2) is 65.2 Å². The number of nitrogens with one attached hydrogen (secondary N) is 1. The molecule has 1 N–H and O–H groups in total. The summed E-state index contributed by atoms with van der Waals surface area (Å²) in [6.45, 7) is 5.76. The van der Waals surface area contributed by atoms with Gasteiger partial charge in [0, 0.05) is 43.3 Å². The molecule has 4 aliphatic rings. The van der Waals surface area contributed by atoms with E-state index < -0.39 is 26.8 Å². The third kappa shape index (κ3) is 6.71. The Hall–Kier alpha value is -2.59. The maximum Gasteiger partial charge on any atom is 0.264 e. The van der Waals surface area contributed by atoms with Crippen molar-refractivity contribution in [3.8, 4) is 5.75 Å². The van der Waals surface area contributed by atoms with Crippen molar-refractivity contribution in [3.05, 3.63) is 70.3 Å². The Balaban J connectivity index is 1.41. The second kappa shape index (κ2) is 13.1. The van der Waals surface area contributed by atoms with Gasteiger partial charge in [-0.15, -0.1) is 0 Å². The lowest BCUT2D eigenvalue weighted by atomic mass is 9.68. The number of halogens is 1. The van der Waals surface area contributed by atoms with Crippen molar-refractivity contribution in [2.75, 3.05) is 38.8 Å². The minimum atomic E-state index is -4.02. The molecule has 0 unspecified atom stereocenters. The molecule has 1 fully saturated rings. The summed E-state index contributed by atoms with van der Waals surface area (Å²) in [7, 11) is -0.687. The Morgan fingerprint density at radius 1 is 1.13 bits per heavy atom. The van der Waals surface area contributed by atoms with Gasteiger partial charge >= 0.3 is 0 Å². The van der Waals surface area contributed by atoms with Gasteiger partial charge in [0.2, 0.25) is 10.0 Å². The number of nitrogens with zero attached hydrogens (tertiary/aromatic N) is 1. The Bertz CT molecular complexity index is 1590. The fourth-order valence-corrected chi connectivity index (χ4v) is 9.78. The summed E-state index contributed by atoms with van der Waals surface area (Å²) in [5, 5.41) is -0.0740. The van der Waals surface area contributed by atoms with Crippen LogP contribution in [0.3, 0.4) is 0 Å². The zero-order valence-electron chi connectivity index (χ0n) is 27.4. The molecule has 2 aromatic carbocycles. The number of hydrogen-bond donors (Lipinski definition) is 1. The first-order valence-electron chi connectivity index (χ1n) is 16.5. The molecule has 5 atom stereocenters. The number of rotatable bonds is 4. The lowest BCUT2D eigenvalue weighted by Crippen LogP contribution is -2.49. The summed E-state index contributed by atoms with van der Waals surface area (Å²) in [6, 6.07) is 11.5. The van der Waals surface area contributed by atoms with Crippen molar-refractivity contribution in [2.24, 2.45) is 11.8 Å². The third-order valence-electron chi connectivity index (χ3n) is 10.9. The standard InChI is InChI=1S/C36H47ClN2O6S/c1-35(2,44-4)20-28-9-5-6-10-32(43-3)29-14-11-26(29)21-39-22-36(17-7-8-24-18-27(37)13-15-30(24)36)23-45-33-16-12-25(19-31(33)39)34(40)38-46(28,41)42/h6,10,12-13,15-16,18-19,26,28-29,32H,5,7-9,11,14,17,20-23H2,1-4H3,(H,38,40)/b10-6+/t26-,28-,29+,32-,36-/m0/s1. The summed E-state index contributed by atoms with van der Waals surface area (Å²) in [4.78, 5) is 16.0.